The smallest absolute Gasteiger partial charge is 0.289 e. The average molecular weight is 501 g/mol. The number of ether oxygens (including phenoxy) is 1. The second kappa shape index (κ2) is 10.9. The standard InChI is InChI=1S/C27H30Cl2N2O3/c1-18(2)23-15-24(29)19(3)13-26(23)33-17-22-7-8-25(34-22)27(32)31-11-9-30(10-12-31)16-20-5-4-6-21(28)14-20/h4-8,13-15,18H,9-12,16-17H2,1-3H3. The summed E-state index contributed by atoms with van der Waals surface area (Å²) in [6.07, 6.45) is 0. The number of benzene rings is 2. The lowest BCUT2D eigenvalue weighted by molar-refractivity contribution is 0.0594. The molecule has 1 amide bonds. The number of aryl methyl sites for hydroxylation is 1. The predicted octanol–water partition coefficient (Wildman–Crippen LogP) is 6.56. The van der Waals surface area contributed by atoms with E-state index >= 15 is 0 Å². The van der Waals surface area contributed by atoms with Crippen LogP contribution in [-0.4, -0.2) is 41.9 Å². The topological polar surface area (TPSA) is 45.9 Å². The van der Waals surface area contributed by atoms with Crippen LogP contribution in [0, 0.1) is 6.92 Å². The van der Waals surface area contributed by atoms with E-state index in [9.17, 15) is 4.79 Å². The Morgan fingerprint density at radius 1 is 1.06 bits per heavy atom. The summed E-state index contributed by atoms with van der Waals surface area (Å²) >= 11 is 12.4. The van der Waals surface area contributed by atoms with E-state index in [2.05, 4.69) is 24.8 Å². The van der Waals surface area contributed by atoms with Crippen LogP contribution in [0.15, 0.2) is 52.9 Å². The van der Waals surface area contributed by atoms with Crippen LogP contribution in [0.4, 0.5) is 0 Å². The van der Waals surface area contributed by atoms with Crippen molar-refractivity contribution in [1.29, 1.82) is 0 Å². The molecule has 180 valence electrons. The van der Waals surface area contributed by atoms with Crippen LogP contribution in [0.1, 0.15) is 52.8 Å². The number of carbonyl (C=O) groups excluding carboxylic acids is 1. The number of amides is 1. The zero-order valence-electron chi connectivity index (χ0n) is 19.8. The van der Waals surface area contributed by atoms with Crippen LogP contribution in [0.2, 0.25) is 10.0 Å². The van der Waals surface area contributed by atoms with E-state index in [0.29, 0.717) is 24.6 Å². The summed E-state index contributed by atoms with van der Waals surface area (Å²) in [5.41, 5.74) is 3.19. The minimum atomic E-state index is -0.0844. The summed E-state index contributed by atoms with van der Waals surface area (Å²) < 4.78 is 11.9. The van der Waals surface area contributed by atoms with Crippen molar-refractivity contribution in [1.82, 2.24) is 9.80 Å². The van der Waals surface area contributed by atoms with Crippen molar-refractivity contribution < 1.29 is 13.9 Å². The quantitative estimate of drug-likeness (QED) is 0.368. The van der Waals surface area contributed by atoms with Gasteiger partial charge in [0.25, 0.3) is 5.91 Å². The highest BCUT2D eigenvalue weighted by Gasteiger charge is 2.24. The highest BCUT2D eigenvalue weighted by atomic mass is 35.5. The Morgan fingerprint density at radius 2 is 1.82 bits per heavy atom. The van der Waals surface area contributed by atoms with E-state index in [1.165, 1.54) is 5.56 Å². The summed E-state index contributed by atoms with van der Waals surface area (Å²) in [6.45, 7) is 10.2. The van der Waals surface area contributed by atoms with Crippen molar-refractivity contribution in [3.05, 3.63) is 86.8 Å². The SMILES string of the molecule is Cc1cc(OCc2ccc(C(=O)N3CCN(Cc4cccc(Cl)c4)CC3)o2)c(C(C)C)cc1Cl. The molecule has 7 heteroatoms. The third-order valence-corrected chi connectivity index (χ3v) is 6.75. The second-order valence-corrected chi connectivity index (χ2v) is 9.89. The van der Waals surface area contributed by atoms with Gasteiger partial charge in [-0.05, 0) is 65.9 Å². The number of furan rings is 1. The highest BCUT2D eigenvalue weighted by molar-refractivity contribution is 6.31. The molecule has 0 aliphatic carbocycles. The zero-order valence-corrected chi connectivity index (χ0v) is 21.3. The Hall–Kier alpha value is -2.47. The fraction of sp³-hybridized carbons (Fsp3) is 0.370. The Morgan fingerprint density at radius 3 is 2.53 bits per heavy atom. The van der Waals surface area contributed by atoms with Crippen LogP contribution in [0.25, 0.3) is 0 Å². The summed E-state index contributed by atoms with van der Waals surface area (Å²) in [7, 11) is 0. The number of halogens is 2. The maximum Gasteiger partial charge on any atom is 0.289 e. The fourth-order valence-corrected chi connectivity index (χ4v) is 4.51. The molecular formula is C27H30Cl2N2O3. The van der Waals surface area contributed by atoms with E-state index in [1.807, 2.05) is 42.2 Å². The molecular weight excluding hydrogens is 471 g/mol. The van der Waals surface area contributed by atoms with Gasteiger partial charge in [-0.1, -0.05) is 49.2 Å². The molecule has 1 aromatic heterocycles. The lowest BCUT2D eigenvalue weighted by Crippen LogP contribution is -2.48. The molecule has 0 bridgehead atoms. The molecule has 1 saturated heterocycles. The molecule has 1 aliphatic heterocycles. The van der Waals surface area contributed by atoms with E-state index < -0.39 is 0 Å². The van der Waals surface area contributed by atoms with Gasteiger partial charge in [0.05, 0.1) is 0 Å². The largest absolute Gasteiger partial charge is 0.485 e. The Kier molecular flexibility index (Phi) is 7.87. The first kappa shape index (κ1) is 24.6. The summed E-state index contributed by atoms with van der Waals surface area (Å²) in [6, 6.07) is 15.4. The predicted molar refractivity (Wildman–Crippen MR) is 136 cm³/mol. The van der Waals surface area contributed by atoms with Crippen molar-refractivity contribution in [3.8, 4) is 5.75 Å². The van der Waals surface area contributed by atoms with Gasteiger partial charge >= 0.3 is 0 Å². The number of hydrogen-bond acceptors (Lipinski definition) is 4. The molecule has 0 N–H and O–H groups in total. The van der Waals surface area contributed by atoms with E-state index in [-0.39, 0.29) is 18.4 Å². The monoisotopic (exact) mass is 500 g/mol. The Labute approximate surface area is 211 Å². The molecule has 3 aromatic rings. The van der Waals surface area contributed by atoms with E-state index in [0.717, 1.165) is 46.6 Å². The number of nitrogens with zero attached hydrogens (tertiary/aromatic N) is 2. The number of piperazine rings is 1. The van der Waals surface area contributed by atoms with Crippen LogP contribution in [0.3, 0.4) is 0 Å². The van der Waals surface area contributed by atoms with Crippen molar-refractivity contribution in [2.24, 2.45) is 0 Å². The second-order valence-electron chi connectivity index (χ2n) is 9.05. The van der Waals surface area contributed by atoms with Crippen LogP contribution < -0.4 is 4.74 Å². The summed E-state index contributed by atoms with van der Waals surface area (Å²) in [4.78, 5) is 17.1. The van der Waals surface area contributed by atoms with Crippen molar-refractivity contribution in [2.45, 2.75) is 39.8 Å². The first-order valence-corrected chi connectivity index (χ1v) is 12.3. The summed E-state index contributed by atoms with van der Waals surface area (Å²) in [5, 5.41) is 1.48. The molecule has 0 spiro atoms. The van der Waals surface area contributed by atoms with Crippen molar-refractivity contribution in [3.63, 3.8) is 0 Å². The van der Waals surface area contributed by atoms with Gasteiger partial charge in [0.1, 0.15) is 18.1 Å². The van der Waals surface area contributed by atoms with Gasteiger partial charge in [0.15, 0.2) is 5.76 Å². The molecule has 4 rings (SSSR count). The molecule has 0 unspecified atom stereocenters. The molecule has 2 aromatic carbocycles. The van der Waals surface area contributed by atoms with Crippen LogP contribution in [0.5, 0.6) is 5.75 Å². The third kappa shape index (κ3) is 5.96. The summed E-state index contributed by atoms with van der Waals surface area (Å²) in [5.74, 6) is 1.94. The molecule has 1 fully saturated rings. The maximum absolute atomic E-state index is 13.0. The first-order chi connectivity index (χ1) is 16.3. The van der Waals surface area contributed by atoms with Crippen LogP contribution >= 0.6 is 23.2 Å². The fourth-order valence-electron chi connectivity index (χ4n) is 4.12. The van der Waals surface area contributed by atoms with Crippen molar-refractivity contribution in [2.75, 3.05) is 26.2 Å². The Bertz CT molecular complexity index is 1150. The van der Waals surface area contributed by atoms with Gasteiger partial charge in [0, 0.05) is 42.8 Å². The lowest BCUT2D eigenvalue weighted by Gasteiger charge is -2.34. The van der Waals surface area contributed by atoms with Crippen molar-refractivity contribution >= 4 is 29.1 Å². The molecule has 2 heterocycles. The average Bonchev–Trinajstić information content (AvgIpc) is 3.28. The van der Waals surface area contributed by atoms with Gasteiger partial charge in [-0.3, -0.25) is 9.69 Å². The number of rotatable bonds is 7. The van der Waals surface area contributed by atoms with Gasteiger partial charge in [-0.15, -0.1) is 0 Å². The molecule has 0 saturated carbocycles. The molecule has 5 nitrogen and oxygen atoms in total. The number of hydrogen-bond donors (Lipinski definition) is 0. The minimum Gasteiger partial charge on any atom is -0.485 e. The lowest BCUT2D eigenvalue weighted by atomic mass is 10.0. The van der Waals surface area contributed by atoms with Gasteiger partial charge in [0.2, 0.25) is 0 Å². The molecule has 0 radical (unpaired) electrons. The van der Waals surface area contributed by atoms with E-state index in [1.54, 1.807) is 12.1 Å². The zero-order chi connectivity index (χ0) is 24.2. The third-order valence-electron chi connectivity index (χ3n) is 6.11. The highest BCUT2D eigenvalue weighted by Crippen LogP contribution is 2.32. The van der Waals surface area contributed by atoms with Gasteiger partial charge in [-0.25, -0.2) is 0 Å². The Balaban J connectivity index is 1.32. The molecule has 0 atom stereocenters. The number of carbonyl (C=O) groups is 1. The van der Waals surface area contributed by atoms with Gasteiger partial charge < -0.3 is 14.1 Å². The molecule has 1 aliphatic rings. The maximum atomic E-state index is 13.0. The molecule has 34 heavy (non-hydrogen) atoms. The minimum absolute atomic E-state index is 0.0844. The van der Waals surface area contributed by atoms with Crippen LogP contribution in [-0.2, 0) is 13.2 Å². The normalized spacial score (nSPS) is 14.6. The first-order valence-electron chi connectivity index (χ1n) is 11.6. The van der Waals surface area contributed by atoms with Gasteiger partial charge in [-0.2, -0.15) is 0 Å². The van der Waals surface area contributed by atoms with E-state index in [4.69, 9.17) is 32.4 Å².